The molecule has 8 aromatic rings. The van der Waals surface area contributed by atoms with Crippen molar-refractivity contribution < 1.29 is 0 Å². The largest absolute Gasteiger partial charge is 0.254 e. The first-order valence-electron chi connectivity index (χ1n) is 18.7. The number of benzene rings is 5. The third kappa shape index (κ3) is 4.21. The van der Waals surface area contributed by atoms with Crippen LogP contribution in [-0.4, -0.2) is 15.0 Å². The van der Waals surface area contributed by atoms with E-state index < -0.39 is 0 Å². The number of rotatable bonds is 3. The third-order valence-electron chi connectivity index (χ3n) is 11.9. The van der Waals surface area contributed by atoms with E-state index in [4.69, 9.17) is 15.0 Å². The number of pyridine rings is 3. The molecule has 3 heterocycles. The van der Waals surface area contributed by atoms with E-state index in [1.54, 1.807) is 0 Å². The fraction of sp³-hybridized carbons (Fsp3) is 0.0392. The average Bonchev–Trinajstić information content (AvgIpc) is 3.24. The maximum absolute atomic E-state index is 5.32. The van der Waals surface area contributed by atoms with Crippen LogP contribution in [-0.2, 0) is 0 Å². The van der Waals surface area contributed by atoms with Gasteiger partial charge in [0.1, 0.15) is 0 Å². The fourth-order valence-corrected chi connectivity index (χ4v) is 9.56. The number of hydrogen-bond donors (Lipinski definition) is 0. The van der Waals surface area contributed by atoms with Gasteiger partial charge in [0.25, 0.3) is 0 Å². The zero-order valence-corrected chi connectivity index (χ0v) is 29.2. The lowest BCUT2D eigenvalue weighted by Crippen LogP contribution is -2.30. The predicted molar refractivity (Wildman–Crippen MR) is 224 cm³/mol. The number of nitrogens with zero attached hydrogens (tertiary/aromatic N) is 3. The predicted octanol–water partition coefficient (Wildman–Crippen LogP) is 12.3. The second-order valence-electron chi connectivity index (χ2n) is 14.7. The molecule has 54 heavy (non-hydrogen) atoms. The lowest BCUT2D eigenvalue weighted by molar-refractivity contribution is 0.569. The molecule has 0 bridgehead atoms. The summed E-state index contributed by atoms with van der Waals surface area (Å²) in [4.78, 5) is 14.9. The van der Waals surface area contributed by atoms with Gasteiger partial charge in [-0.15, -0.1) is 0 Å². The van der Waals surface area contributed by atoms with Crippen molar-refractivity contribution in [2.75, 3.05) is 0 Å². The molecule has 12 rings (SSSR count). The molecule has 0 saturated heterocycles. The highest BCUT2D eigenvalue weighted by Gasteiger charge is 2.41. The summed E-state index contributed by atoms with van der Waals surface area (Å²) in [7, 11) is 0. The zero-order valence-electron chi connectivity index (χ0n) is 29.2. The van der Waals surface area contributed by atoms with E-state index in [0.717, 1.165) is 38.6 Å². The van der Waals surface area contributed by atoms with Crippen LogP contribution in [0.5, 0.6) is 0 Å². The molecule has 0 fully saturated rings. The van der Waals surface area contributed by atoms with E-state index in [-0.39, 0.29) is 11.8 Å². The average molecular weight is 686 g/mol. The number of para-hydroxylation sites is 1. The van der Waals surface area contributed by atoms with Crippen LogP contribution in [0.4, 0.5) is 0 Å². The van der Waals surface area contributed by atoms with Crippen molar-refractivity contribution in [2.45, 2.75) is 0 Å². The van der Waals surface area contributed by atoms with E-state index in [1.165, 1.54) is 71.5 Å². The topological polar surface area (TPSA) is 38.7 Å². The van der Waals surface area contributed by atoms with E-state index >= 15 is 0 Å². The molecular formula is C51H31N3. The minimum absolute atomic E-state index is 0.226. The highest BCUT2D eigenvalue weighted by molar-refractivity contribution is 6.22. The van der Waals surface area contributed by atoms with Crippen molar-refractivity contribution >= 4 is 65.4 Å². The Kier molecular flexibility index (Phi) is 6.17. The summed E-state index contributed by atoms with van der Waals surface area (Å²) < 4.78 is 0. The summed E-state index contributed by atoms with van der Waals surface area (Å²) in [6.45, 7) is 0. The first kappa shape index (κ1) is 29.6. The van der Waals surface area contributed by atoms with Crippen LogP contribution in [0.1, 0.15) is 11.1 Å². The molecule has 2 unspecified atom stereocenters. The van der Waals surface area contributed by atoms with Crippen molar-refractivity contribution in [3.63, 3.8) is 0 Å². The SMILES string of the molecule is C1=CC2=C(c3cccc(-c4nc5ccccc5c5c4ccc4ccccc45)c3)C=CC3=CC=C4C(c5cc6cccnc6c6ncccc56)=CC=C1C4C32. The summed E-state index contributed by atoms with van der Waals surface area (Å²) in [5.74, 6) is 0.454. The molecule has 4 aliphatic rings. The highest BCUT2D eigenvalue weighted by Crippen LogP contribution is 2.54. The number of fused-ring (bicyclic) bond motifs is 8. The van der Waals surface area contributed by atoms with Crippen LogP contribution in [0.3, 0.4) is 0 Å². The van der Waals surface area contributed by atoms with Gasteiger partial charge >= 0.3 is 0 Å². The molecule has 2 atom stereocenters. The molecule has 0 spiro atoms. The molecule has 0 radical (unpaired) electrons. The molecule has 3 aromatic heterocycles. The Morgan fingerprint density at radius 3 is 2.20 bits per heavy atom. The van der Waals surface area contributed by atoms with Crippen molar-refractivity contribution in [3.05, 3.63) is 210 Å². The van der Waals surface area contributed by atoms with Crippen molar-refractivity contribution in [1.82, 2.24) is 15.0 Å². The summed E-state index contributed by atoms with van der Waals surface area (Å²) in [6, 6.07) is 41.4. The molecular weight excluding hydrogens is 655 g/mol. The molecule has 3 heteroatoms. The van der Waals surface area contributed by atoms with Gasteiger partial charge in [-0.3, -0.25) is 9.97 Å². The Labute approximate surface area is 312 Å². The molecule has 0 saturated carbocycles. The molecule has 0 N–H and O–H groups in total. The van der Waals surface area contributed by atoms with Crippen LogP contribution in [0.15, 0.2) is 199 Å². The first-order valence-corrected chi connectivity index (χ1v) is 18.7. The van der Waals surface area contributed by atoms with Gasteiger partial charge in [-0.25, -0.2) is 4.98 Å². The molecule has 5 aromatic carbocycles. The standard InChI is InChI=1S/C51H31N3/c1-2-12-37-30(8-1)16-25-43-48(37)42-13-3-4-15-45(42)54-49(43)34-10-5-9-33(28-34)36-21-17-31-20-24-40-38(22-18-32-19-23-39(36)46(31)47(32)40)44-29-35-11-6-26-52-50(35)51-41(44)14-7-27-53-51/h1-29,46-47H. The van der Waals surface area contributed by atoms with Crippen LogP contribution >= 0.6 is 0 Å². The van der Waals surface area contributed by atoms with Crippen LogP contribution in [0.25, 0.3) is 76.7 Å². The Morgan fingerprint density at radius 2 is 1.24 bits per heavy atom. The van der Waals surface area contributed by atoms with Crippen molar-refractivity contribution in [3.8, 4) is 11.3 Å². The summed E-state index contributed by atoms with van der Waals surface area (Å²) in [6.07, 6.45) is 22.5. The molecule has 3 nitrogen and oxygen atoms in total. The van der Waals surface area contributed by atoms with E-state index in [1.807, 2.05) is 24.5 Å². The van der Waals surface area contributed by atoms with Gasteiger partial charge in [0.2, 0.25) is 0 Å². The molecule has 250 valence electrons. The van der Waals surface area contributed by atoms with Gasteiger partial charge in [0, 0.05) is 56.7 Å². The maximum Gasteiger partial charge on any atom is 0.0970 e. The number of allylic oxidation sites excluding steroid dienone is 14. The highest BCUT2D eigenvalue weighted by atomic mass is 14.7. The van der Waals surface area contributed by atoms with Crippen molar-refractivity contribution in [1.29, 1.82) is 0 Å². The van der Waals surface area contributed by atoms with Gasteiger partial charge in [-0.1, -0.05) is 134 Å². The Morgan fingerprint density at radius 1 is 0.481 bits per heavy atom. The summed E-state index contributed by atoms with van der Waals surface area (Å²) in [5.41, 5.74) is 15.4. The summed E-state index contributed by atoms with van der Waals surface area (Å²) >= 11 is 0. The van der Waals surface area contributed by atoms with E-state index in [9.17, 15) is 0 Å². The van der Waals surface area contributed by atoms with Gasteiger partial charge in [-0.2, -0.15) is 0 Å². The first-order chi connectivity index (χ1) is 26.8. The minimum atomic E-state index is 0.226. The molecule has 0 amide bonds. The van der Waals surface area contributed by atoms with Gasteiger partial charge < -0.3 is 0 Å². The smallest absolute Gasteiger partial charge is 0.0970 e. The van der Waals surface area contributed by atoms with Crippen molar-refractivity contribution in [2.24, 2.45) is 11.8 Å². The minimum Gasteiger partial charge on any atom is -0.254 e. The van der Waals surface area contributed by atoms with Gasteiger partial charge in [0.15, 0.2) is 0 Å². The molecule has 0 aliphatic heterocycles. The second-order valence-corrected chi connectivity index (χ2v) is 14.7. The van der Waals surface area contributed by atoms with E-state index in [2.05, 4.69) is 152 Å². The second kappa shape index (κ2) is 11.3. The molecule has 4 aliphatic carbocycles. The number of hydrogen-bond acceptors (Lipinski definition) is 3. The van der Waals surface area contributed by atoms with Crippen LogP contribution < -0.4 is 0 Å². The monoisotopic (exact) mass is 685 g/mol. The Balaban J connectivity index is 1.00. The zero-order chi connectivity index (χ0) is 35.3. The lowest BCUT2D eigenvalue weighted by atomic mass is 9.61. The van der Waals surface area contributed by atoms with E-state index in [0.29, 0.717) is 0 Å². The van der Waals surface area contributed by atoms with Gasteiger partial charge in [-0.05, 0) is 85.7 Å². The maximum atomic E-state index is 5.32. The lowest BCUT2D eigenvalue weighted by Gasteiger charge is -2.42. The van der Waals surface area contributed by atoms with Crippen LogP contribution in [0, 0.1) is 11.8 Å². The Hall–Kier alpha value is -6.97. The normalized spacial score (nSPS) is 18.6. The van der Waals surface area contributed by atoms with Gasteiger partial charge in [0.05, 0.1) is 22.2 Å². The fourth-order valence-electron chi connectivity index (χ4n) is 9.56. The number of aromatic nitrogens is 3. The third-order valence-corrected chi connectivity index (χ3v) is 11.9. The Bertz CT molecular complexity index is 3200. The summed E-state index contributed by atoms with van der Waals surface area (Å²) in [5, 5.41) is 8.36. The van der Waals surface area contributed by atoms with Crippen LogP contribution in [0.2, 0.25) is 0 Å². The quantitative estimate of drug-likeness (QED) is 0.174.